The molecule has 6 nitrogen and oxygen atoms in total. The van der Waals surface area contributed by atoms with Gasteiger partial charge in [0.2, 0.25) is 5.91 Å². The lowest BCUT2D eigenvalue weighted by atomic mass is 10.0. The van der Waals surface area contributed by atoms with Crippen LogP contribution in [0.3, 0.4) is 0 Å². The molecule has 3 N–H and O–H groups in total. The molecular formula is C48H89NO5. The third-order valence-corrected chi connectivity index (χ3v) is 10.4. The summed E-state index contributed by atoms with van der Waals surface area (Å²) in [6.07, 6.45) is 48.1. The first-order valence-corrected chi connectivity index (χ1v) is 23.2. The molecule has 316 valence electrons. The molecule has 54 heavy (non-hydrogen) atoms. The molecule has 0 bridgehead atoms. The third kappa shape index (κ3) is 37.0. The van der Waals surface area contributed by atoms with Gasteiger partial charge in [-0.3, -0.25) is 9.59 Å². The molecule has 0 heterocycles. The van der Waals surface area contributed by atoms with Crippen LogP contribution in [0.2, 0.25) is 0 Å². The number of amides is 1. The molecule has 3 unspecified atom stereocenters. The number of aliphatic hydroxyl groups excluding tert-OH is 2. The van der Waals surface area contributed by atoms with E-state index in [0.29, 0.717) is 12.8 Å². The normalized spacial score (nSPS) is 13.6. The number of rotatable bonds is 41. The first-order chi connectivity index (χ1) is 26.5. The number of nitrogens with one attached hydrogen (secondary N) is 1. The van der Waals surface area contributed by atoms with Gasteiger partial charge in [0, 0.05) is 6.42 Å². The van der Waals surface area contributed by atoms with Crippen molar-refractivity contribution in [2.45, 2.75) is 251 Å². The van der Waals surface area contributed by atoms with E-state index in [9.17, 15) is 19.8 Å². The predicted octanol–water partition coefficient (Wildman–Crippen LogP) is 13.3. The summed E-state index contributed by atoms with van der Waals surface area (Å²) in [6, 6.07) is -0.730. The highest BCUT2D eigenvalue weighted by atomic mass is 16.5. The summed E-state index contributed by atoms with van der Waals surface area (Å²) in [5.74, 6) is -0.613. The van der Waals surface area contributed by atoms with Gasteiger partial charge in [0.05, 0.1) is 25.2 Å². The summed E-state index contributed by atoms with van der Waals surface area (Å²) in [5.41, 5.74) is 0. The first kappa shape index (κ1) is 52.1. The standard InChI is InChI=1S/C48H89NO5/c1-4-7-10-13-16-19-22-23-24-26-28-31-34-37-40-46(51)45(43-50)49-47(52)42-44(39-36-33-30-27-25-20-17-14-11-8-5-2)54-48(53)41-38-35-32-29-21-18-15-12-9-6-3/h12,15,27,30,36,39,44-46,50-51H,4-11,13-14,16-26,28-29,31-35,37-38,40-43H2,1-3H3,(H,49,52)/b15-12-,30-27-,39-36+. The average molecular weight is 760 g/mol. The Bertz CT molecular complexity index is 900. The van der Waals surface area contributed by atoms with E-state index >= 15 is 0 Å². The molecule has 1 amide bonds. The molecule has 0 aliphatic heterocycles. The van der Waals surface area contributed by atoms with Gasteiger partial charge in [-0.25, -0.2) is 0 Å². The van der Waals surface area contributed by atoms with Crippen molar-refractivity contribution in [1.82, 2.24) is 5.32 Å². The molecule has 3 atom stereocenters. The first-order valence-electron chi connectivity index (χ1n) is 23.2. The van der Waals surface area contributed by atoms with E-state index in [0.717, 1.165) is 64.2 Å². The van der Waals surface area contributed by atoms with E-state index in [2.05, 4.69) is 50.4 Å². The van der Waals surface area contributed by atoms with Gasteiger partial charge in [0.15, 0.2) is 0 Å². The fourth-order valence-corrected chi connectivity index (χ4v) is 6.87. The smallest absolute Gasteiger partial charge is 0.306 e. The quantitative estimate of drug-likeness (QED) is 0.0328. The fourth-order valence-electron chi connectivity index (χ4n) is 6.87. The summed E-state index contributed by atoms with van der Waals surface area (Å²) >= 11 is 0. The summed E-state index contributed by atoms with van der Waals surface area (Å²) in [7, 11) is 0. The number of aliphatic hydroxyl groups is 2. The van der Waals surface area contributed by atoms with Gasteiger partial charge in [-0.1, -0.05) is 199 Å². The van der Waals surface area contributed by atoms with E-state index in [4.69, 9.17) is 4.74 Å². The molecule has 0 aliphatic carbocycles. The third-order valence-electron chi connectivity index (χ3n) is 10.4. The summed E-state index contributed by atoms with van der Waals surface area (Å²) < 4.78 is 5.78. The second-order valence-corrected chi connectivity index (χ2v) is 15.8. The Morgan fingerprint density at radius 3 is 1.54 bits per heavy atom. The second kappa shape index (κ2) is 42.2. The van der Waals surface area contributed by atoms with Crippen molar-refractivity contribution in [2.75, 3.05) is 6.61 Å². The minimum atomic E-state index is -0.808. The number of carbonyl (C=O) groups is 2. The van der Waals surface area contributed by atoms with Crippen LogP contribution in [0, 0.1) is 0 Å². The van der Waals surface area contributed by atoms with Crippen molar-refractivity contribution < 1.29 is 24.5 Å². The van der Waals surface area contributed by atoms with Gasteiger partial charge in [0.25, 0.3) is 0 Å². The monoisotopic (exact) mass is 760 g/mol. The molecule has 0 aliphatic rings. The molecular weight excluding hydrogens is 671 g/mol. The van der Waals surface area contributed by atoms with E-state index in [1.807, 2.05) is 12.2 Å². The van der Waals surface area contributed by atoms with Gasteiger partial charge in [-0.05, 0) is 57.4 Å². The zero-order chi connectivity index (χ0) is 39.6. The van der Waals surface area contributed by atoms with Crippen molar-refractivity contribution in [3.05, 3.63) is 36.5 Å². The minimum absolute atomic E-state index is 0.0304. The average Bonchev–Trinajstić information content (AvgIpc) is 3.16. The number of hydrogen-bond acceptors (Lipinski definition) is 5. The van der Waals surface area contributed by atoms with Crippen LogP contribution in [0.15, 0.2) is 36.5 Å². The van der Waals surface area contributed by atoms with Crippen molar-refractivity contribution in [2.24, 2.45) is 0 Å². The molecule has 0 spiro atoms. The zero-order valence-electron chi connectivity index (χ0n) is 35.9. The van der Waals surface area contributed by atoms with E-state index in [1.165, 1.54) is 128 Å². The van der Waals surface area contributed by atoms with Crippen LogP contribution >= 0.6 is 0 Å². The summed E-state index contributed by atoms with van der Waals surface area (Å²) in [6.45, 7) is 6.37. The highest BCUT2D eigenvalue weighted by Gasteiger charge is 2.23. The Morgan fingerprint density at radius 1 is 0.556 bits per heavy atom. The lowest BCUT2D eigenvalue weighted by Crippen LogP contribution is -2.46. The predicted molar refractivity (Wildman–Crippen MR) is 232 cm³/mol. The maximum Gasteiger partial charge on any atom is 0.306 e. The summed E-state index contributed by atoms with van der Waals surface area (Å²) in [5, 5.41) is 23.6. The maximum absolute atomic E-state index is 13.1. The molecule has 6 heteroatoms. The molecule has 0 radical (unpaired) electrons. The van der Waals surface area contributed by atoms with E-state index in [-0.39, 0.29) is 24.9 Å². The lowest BCUT2D eigenvalue weighted by molar-refractivity contribution is -0.148. The summed E-state index contributed by atoms with van der Waals surface area (Å²) in [4.78, 5) is 25.9. The van der Waals surface area contributed by atoms with Crippen LogP contribution < -0.4 is 5.32 Å². The van der Waals surface area contributed by atoms with Crippen LogP contribution in [0.1, 0.15) is 233 Å². The van der Waals surface area contributed by atoms with Gasteiger partial charge in [-0.15, -0.1) is 0 Å². The van der Waals surface area contributed by atoms with Crippen LogP contribution in [0.4, 0.5) is 0 Å². The van der Waals surface area contributed by atoms with Crippen molar-refractivity contribution in [3.8, 4) is 0 Å². The van der Waals surface area contributed by atoms with Crippen molar-refractivity contribution in [1.29, 1.82) is 0 Å². The molecule has 0 aromatic heterocycles. The number of ether oxygens (including phenoxy) is 1. The van der Waals surface area contributed by atoms with Crippen LogP contribution in [-0.2, 0) is 14.3 Å². The van der Waals surface area contributed by atoms with E-state index < -0.39 is 18.2 Å². The minimum Gasteiger partial charge on any atom is -0.458 e. The number of hydrogen-bond donors (Lipinski definition) is 3. The van der Waals surface area contributed by atoms with Gasteiger partial charge in [-0.2, -0.15) is 0 Å². The molecule has 0 rings (SSSR count). The van der Waals surface area contributed by atoms with Gasteiger partial charge < -0.3 is 20.3 Å². The second-order valence-electron chi connectivity index (χ2n) is 15.8. The van der Waals surface area contributed by atoms with E-state index in [1.54, 1.807) is 0 Å². The van der Waals surface area contributed by atoms with Crippen LogP contribution in [-0.4, -0.2) is 46.9 Å². The molecule has 0 saturated heterocycles. The van der Waals surface area contributed by atoms with Gasteiger partial charge in [0.1, 0.15) is 6.10 Å². The molecule has 0 aromatic rings. The fraction of sp³-hybridized carbons (Fsp3) is 0.833. The van der Waals surface area contributed by atoms with Crippen LogP contribution in [0.25, 0.3) is 0 Å². The van der Waals surface area contributed by atoms with Crippen molar-refractivity contribution in [3.63, 3.8) is 0 Å². The number of esters is 1. The SMILES string of the molecule is CCC/C=C\CCCCCCCC(=O)OC(/C=C/C/C=C\CCCCCCCC)CC(=O)NC(CO)C(O)CCCCCCCCCCCCCCCC. The Kier molecular flexibility index (Phi) is 40.7. The largest absolute Gasteiger partial charge is 0.458 e. The molecule has 0 fully saturated rings. The number of carbonyl (C=O) groups excluding carboxylic acids is 2. The Hall–Kier alpha value is -1.92. The number of allylic oxidation sites excluding steroid dienone is 5. The maximum atomic E-state index is 13.1. The van der Waals surface area contributed by atoms with Gasteiger partial charge >= 0.3 is 5.97 Å². The lowest BCUT2D eigenvalue weighted by Gasteiger charge is -2.23. The molecule has 0 aromatic carbocycles. The molecule has 0 saturated carbocycles. The van der Waals surface area contributed by atoms with Crippen molar-refractivity contribution >= 4 is 11.9 Å². The Labute approximate surface area is 334 Å². The topological polar surface area (TPSA) is 95.9 Å². The highest BCUT2D eigenvalue weighted by Crippen LogP contribution is 2.16. The Morgan fingerprint density at radius 2 is 1.02 bits per heavy atom. The Balaban J connectivity index is 4.62. The zero-order valence-corrected chi connectivity index (χ0v) is 35.9. The van der Waals surface area contributed by atoms with Crippen LogP contribution in [0.5, 0.6) is 0 Å². The number of unbranched alkanes of at least 4 members (excludes halogenated alkanes) is 25. The highest BCUT2D eigenvalue weighted by molar-refractivity contribution is 5.78.